The van der Waals surface area contributed by atoms with Crippen LogP contribution < -0.4 is 4.13 Å². The van der Waals surface area contributed by atoms with Crippen LogP contribution in [0.5, 0.6) is 0 Å². The molecule has 2 rings (SSSR count). The van der Waals surface area contributed by atoms with Crippen LogP contribution in [-0.4, -0.2) is 0 Å². The molecule has 0 unspecified atom stereocenters. The average molecular weight is 242 g/mol. The van der Waals surface area contributed by atoms with Crippen molar-refractivity contribution < 1.29 is 0 Å². The van der Waals surface area contributed by atoms with Gasteiger partial charge in [0.15, 0.2) is 0 Å². The van der Waals surface area contributed by atoms with Crippen LogP contribution in [0, 0.1) is 22.7 Å². The minimum Gasteiger partial charge on any atom is -0.192 e. The first-order valence-electron chi connectivity index (χ1n) is 3.04. The lowest BCUT2D eigenvalue weighted by Gasteiger charge is -1.96. The summed E-state index contributed by atoms with van der Waals surface area (Å²) in [4.78, 5) is 0. The zero-order chi connectivity index (χ0) is 9.26. The standard InChI is InChI=1S/C6N3S4/c7-1-3(2-8)4-10-5-6(11-4)13-9-12-5. The van der Waals surface area contributed by atoms with Gasteiger partial charge in [-0.2, -0.15) is 10.5 Å². The van der Waals surface area contributed by atoms with E-state index in [1.807, 2.05) is 12.1 Å². The van der Waals surface area contributed by atoms with Crippen molar-refractivity contribution >= 4 is 47.4 Å². The lowest BCUT2D eigenvalue weighted by atomic mass is 10.4. The normalized spacial score (nSPS) is 19.7. The van der Waals surface area contributed by atoms with Gasteiger partial charge < -0.3 is 0 Å². The first-order valence-corrected chi connectivity index (χ1v) is 6.22. The minimum absolute atomic E-state index is 0.200. The highest BCUT2D eigenvalue weighted by atomic mass is 32.3. The fourth-order valence-corrected chi connectivity index (χ4v) is 5.70. The number of thioether (sulfide) groups is 2. The molecule has 0 aromatic carbocycles. The largest absolute Gasteiger partial charge is 0.192 e. The molecule has 7 heteroatoms. The summed E-state index contributed by atoms with van der Waals surface area (Å²) in [7, 11) is 0. The topological polar surface area (TPSA) is 61.7 Å². The monoisotopic (exact) mass is 242 g/mol. The quantitative estimate of drug-likeness (QED) is 0.481. The van der Waals surface area contributed by atoms with Gasteiger partial charge in [-0.25, -0.2) is 0 Å². The Labute approximate surface area is 92.3 Å². The zero-order valence-corrected chi connectivity index (χ0v) is 9.24. The molecule has 0 saturated carbocycles. The molecule has 0 aromatic heterocycles. The Morgan fingerprint density at radius 3 is 2.08 bits per heavy atom. The third-order valence-corrected chi connectivity index (χ3v) is 6.06. The van der Waals surface area contributed by atoms with E-state index in [9.17, 15) is 0 Å². The van der Waals surface area contributed by atoms with E-state index in [2.05, 4.69) is 4.13 Å². The van der Waals surface area contributed by atoms with Crippen molar-refractivity contribution in [2.24, 2.45) is 0 Å². The van der Waals surface area contributed by atoms with Crippen molar-refractivity contribution in [3.05, 3.63) is 18.3 Å². The summed E-state index contributed by atoms with van der Waals surface area (Å²) in [6.45, 7) is 0. The Morgan fingerprint density at radius 2 is 1.62 bits per heavy atom. The Bertz CT molecular complexity index is 363. The second-order valence-electron chi connectivity index (χ2n) is 1.92. The number of hydrogen-bond acceptors (Lipinski definition) is 6. The third kappa shape index (κ3) is 1.71. The predicted octanol–water partition coefficient (Wildman–Crippen LogP) is 2.77. The van der Waals surface area contributed by atoms with E-state index in [-0.39, 0.29) is 5.57 Å². The molecule has 0 aliphatic carbocycles. The molecule has 63 valence electrons. The third-order valence-electron chi connectivity index (χ3n) is 1.21. The zero-order valence-electron chi connectivity index (χ0n) is 5.97. The molecule has 0 atom stereocenters. The SMILES string of the molecule is N#CC(C#N)=C1SC2=C(S[N]S2)S1. The van der Waals surface area contributed by atoms with E-state index in [4.69, 9.17) is 10.5 Å². The van der Waals surface area contributed by atoms with E-state index in [1.165, 1.54) is 47.4 Å². The minimum atomic E-state index is 0.200. The van der Waals surface area contributed by atoms with Crippen molar-refractivity contribution in [1.29, 1.82) is 10.5 Å². The Morgan fingerprint density at radius 1 is 1.08 bits per heavy atom. The van der Waals surface area contributed by atoms with E-state index < -0.39 is 0 Å². The van der Waals surface area contributed by atoms with Gasteiger partial charge in [0, 0.05) is 0 Å². The molecule has 0 saturated heterocycles. The molecule has 0 N–H and O–H groups in total. The highest BCUT2D eigenvalue weighted by Crippen LogP contribution is 2.61. The highest BCUT2D eigenvalue weighted by Gasteiger charge is 2.30. The van der Waals surface area contributed by atoms with Crippen LogP contribution >= 0.6 is 47.4 Å². The van der Waals surface area contributed by atoms with Crippen LogP contribution in [0.15, 0.2) is 18.3 Å². The molecule has 2 heterocycles. The van der Waals surface area contributed by atoms with E-state index in [1.54, 1.807) is 0 Å². The van der Waals surface area contributed by atoms with E-state index >= 15 is 0 Å². The first kappa shape index (κ1) is 9.38. The Kier molecular flexibility index (Phi) is 2.82. The molecule has 0 aromatic rings. The summed E-state index contributed by atoms with van der Waals surface area (Å²) in [6, 6.07) is 3.77. The van der Waals surface area contributed by atoms with Crippen molar-refractivity contribution in [1.82, 2.24) is 4.13 Å². The van der Waals surface area contributed by atoms with Crippen molar-refractivity contribution in [2.75, 3.05) is 0 Å². The maximum Gasteiger partial charge on any atom is 0.150 e. The van der Waals surface area contributed by atoms with E-state index in [0.29, 0.717) is 0 Å². The molecule has 0 amide bonds. The van der Waals surface area contributed by atoms with Gasteiger partial charge in [-0.1, -0.05) is 27.7 Å². The summed E-state index contributed by atoms with van der Waals surface area (Å²) in [5, 5.41) is 17.3. The van der Waals surface area contributed by atoms with Crippen LogP contribution in [0.4, 0.5) is 0 Å². The van der Waals surface area contributed by atoms with Gasteiger partial charge in [0.25, 0.3) is 0 Å². The Hall–Kier alpha value is -0.180. The first-order chi connectivity index (χ1) is 6.35. The summed E-state index contributed by atoms with van der Waals surface area (Å²) in [6.07, 6.45) is 0. The van der Waals surface area contributed by atoms with Gasteiger partial charge in [-0.15, -0.1) is 0 Å². The molecule has 0 bridgehead atoms. The van der Waals surface area contributed by atoms with Gasteiger partial charge in [0.1, 0.15) is 17.7 Å². The maximum absolute atomic E-state index is 8.64. The number of nitrogens with zero attached hydrogens (tertiary/aromatic N) is 3. The molecule has 0 spiro atoms. The van der Waals surface area contributed by atoms with Gasteiger partial charge in [0.05, 0.1) is 12.7 Å². The summed E-state index contributed by atoms with van der Waals surface area (Å²) in [5.74, 6) is 0. The maximum atomic E-state index is 8.64. The fourth-order valence-electron chi connectivity index (χ4n) is 0.689. The summed E-state index contributed by atoms with van der Waals surface area (Å²) < 4.78 is 7.01. The van der Waals surface area contributed by atoms with Gasteiger partial charge >= 0.3 is 0 Å². The number of hydrogen-bond donors (Lipinski definition) is 0. The van der Waals surface area contributed by atoms with Crippen molar-refractivity contribution in [3.8, 4) is 12.1 Å². The lowest BCUT2D eigenvalue weighted by molar-refractivity contribution is 1.47. The average Bonchev–Trinajstić information content (AvgIpc) is 2.65. The van der Waals surface area contributed by atoms with Crippen molar-refractivity contribution in [3.63, 3.8) is 0 Å². The highest BCUT2D eigenvalue weighted by molar-refractivity contribution is 8.44. The van der Waals surface area contributed by atoms with Gasteiger partial charge in [-0.3, -0.25) is 0 Å². The number of rotatable bonds is 0. The molecule has 0 fully saturated rings. The second kappa shape index (κ2) is 3.91. The molecule has 3 nitrogen and oxygen atoms in total. The van der Waals surface area contributed by atoms with Crippen molar-refractivity contribution in [2.45, 2.75) is 0 Å². The Balaban J connectivity index is 2.25. The number of allylic oxidation sites excluding steroid dienone is 1. The molecule has 2 aliphatic heterocycles. The fraction of sp³-hybridized carbons (Fsp3) is 0. The van der Waals surface area contributed by atoms with Crippen LogP contribution in [0.2, 0.25) is 0 Å². The summed E-state index contributed by atoms with van der Waals surface area (Å²) in [5.41, 5.74) is 0.200. The van der Waals surface area contributed by atoms with Crippen LogP contribution in [0.1, 0.15) is 0 Å². The summed E-state index contributed by atoms with van der Waals surface area (Å²) >= 11 is 5.75. The van der Waals surface area contributed by atoms with Crippen LogP contribution in [0.25, 0.3) is 0 Å². The van der Waals surface area contributed by atoms with Crippen LogP contribution in [-0.2, 0) is 0 Å². The van der Waals surface area contributed by atoms with E-state index in [0.717, 1.165) is 12.7 Å². The van der Waals surface area contributed by atoms with Gasteiger partial charge in [0.2, 0.25) is 0 Å². The molecular formula is C6N3S4. The molecule has 2 aliphatic rings. The lowest BCUT2D eigenvalue weighted by Crippen LogP contribution is -1.76. The molecule has 1 radical (unpaired) electrons. The predicted molar refractivity (Wildman–Crippen MR) is 57.8 cm³/mol. The smallest absolute Gasteiger partial charge is 0.150 e. The molecular weight excluding hydrogens is 242 g/mol. The van der Waals surface area contributed by atoms with Gasteiger partial charge in [-0.05, 0) is 23.9 Å². The number of nitriles is 2. The second-order valence-corrected chi connectivity index (χ2v) is 6.52. The van der Waals surface area contributed by atoms with Crippen LogP contribution in [0.3, 0.4) is 0 Å². The molecule has 13 heavy (non-hydrogen) atoms.